The average Bonchev–Trinajstić information content (AvgIpc) is 3.23. The van der Waals surface area contributed by atoms with Crippen molar-refractivity contribution in [3.8, 4) is 5.82 Å². The molecule has 1 saturated carbocycles. The number of Topliss-reactive ketones (excluding diaryl/α,β-unsaturated/α-hetero) is 1. The maximum Gasteiger partial charge on any atom is 0.256 e. The molecule has 1 aliphatic carbocycles. The molecule has 0 amide bonds. The maximum absolute atomic E-state index is 13.1. The molecule has 36 heavy (non-hydrogen) atoms. The van der Waals surface area contributed by atoms with Crippen LogP contribution >= 0.6 is 0 Å². The minimum Gasteiger partial charge on any atom is -0.341 e. The van der Waals surface area contributed by atoms with Gasteiger partial charge in [0.25, 0.3) is 6.43 Å². The van der Waals surface area contributed by atoms with Gasteiger partial charge in [-0.15, -0.1) is 0 Å². The topological polar surface area (TPSA) is 90.1 Å². The van der Waals surface area contributed by atoms with Gasteiger partial charge >= 0.3 is 0 Å². The van der Waals surface area contributed by atoms with Crippen LogP contribution in [0, 0.1) is 5.92 Å². The monoisotopic (exact) mass is 493 g/mol. The maximum atomic E-state index is 13.1. The van der Waals surface area contributed by atoms with E-state index in [-0.39, 0.29) is 11.7 Å². The van der Waals surface area contributed by atoms with Crippen molar-refractivity contribution in [2.24, 2.45) is 5.92 Å². The Morgan fingerprint density at radius 2 is 2.11 bits per heavy atom. The highest BCUT2D eigenvalue weighted by atomic mass is 19.3. The van der Waals surface area contributed by atoms with Crippen LogP contribution in [0.1, 0.15) is 35.2 Å². The first-order chi connectivity index (χ1) is 17.5. The summed E-state index contributed by atoms with van der Waals surface area (Å²) in [5.41, 5.74) is 2.76. The summed E-state index contributed by atoms with van der Waals surface area (Å²) in [5, 5.41) is 10.2. The number of rotatable bonds is 9. The van der Waals surface area contributed by atoms with Gasteiger partial charge < -0.3 is 9.88 Å². The lowest BCUT2D eigenvalue weighted by Gasteiger charge is -2.11. The fourth-order valence-corrected chi connectivity index (χ4v) is 4.50. The van der Waals surface area contributed by atoms with E-state index in [1.165, 1.54) is 4.57 Å². The van der Waals surface area contributed by atoms with Gasteiger partial charge in [0.2, 0.25) is 5.95 Å². The number of carbonyl (C=O) groups is 1. The standard InChI is InChI=1S/C25H25F2N7O2/c26-22(27)15-32-14-20(24(35)17-2-3-17)19-10-18(4-5-21(19)32)30-25-28-7-6-23(31-25)34-13-16(11-29-34)12-33-8-1-9-36-33/h4-7,10-11,13-14,17,22H,1-3,8-9,12,15H2,(H,28,30,31). The molecule has 1 aromatic carbocycles. The zero-order chi connectivity index (χ0) is 24.6. The normalized spacial score (nSPS) is 16.3. The van der Waals surface area contributed by atoms with Gasteiger partial charge in [-0.1, -0.05) is 0 Å². The number of halogens is 2. The Balaban J connectivity index is 1.25. The van der Waals surface area contributed by atoms with Crippen molar-refractivity contribution in [3.05, 3.63) is 60.2 Å². The summed E-state index contributed by atoms with van der Waals surface area (Å²) in [5.74, 6) is 0.948. The second-order valence-electron chi connectivity index (χ2n) is 9.16. The summed E-state index contributed by atoms with van der Waals surface area (Å²) in [4.78, 5) is 27.3. The number of anilines is 2. The van der Waals surface area contributed by atoms with Crippen LogP contribution in [-0.2, 0) is 17.9 Å². The van der Waals surface area contributed by atoms with Crippen LogP contribution in [0.4, 0.5) is 20.4 Å². The van der Waals surface area contributed by atoms with Gasteiger partial charge in [-0.25, -0.2) is 18.4 Å². The summed E-state index contributed by atoms with van der Waals surface area (Å²) < 4.78 is 29.4. The molecule has 0 radical (unpaired) electrons. The molecule has 1 saturated heterocycles. The van der Waals surface area contributed by atoms with E-state index in [0.29, 0.717) is 40.5 Å². The number of nitrogens with zero attached hydrogens (tertiary/aromatic N) is 6. The van der Waals surface area contributed by atoms with Crippen molar-refractivity contribution in [2.75, 3.05) is 18.5 Å². The van der Waals surface area contributed by atoms with Crippen LogP contribution < -0.4 is 5.32 Å². The van der Waals surface area contributed by atoms with Gasteiger partial charge in [-0.3, -0.25) is 9.63 Å². The molecule has 2 fully saturated rings. The molecule has 3 aromatic heterocycles. The highest BCUT2D eigenvalue weighted by molar-refractivity contribution is 6.10. The summed E-state index contributed by atoms with van der Waals surface area (Å²) in [6.07, 6.45) is 7.08. The van der Waals surface area contributed by atoms with Crippen molar-refractivity contribution in [3.63, 3.8) is 0 Å². The Bertz CT molecular complexity index is 1410. The molecule has 4 aromatic rings. The average molecular weight is 494 g/mol. The number of fused-ring (bicyclic) bond motifs is 1. The Kier molecular flexibility index (Phi) is 5.94. The van der Waals surface area contributed by atoms with Gasteiger partial charge in [-0.05, 0) is 37.5 Å². The quantitative estimate of drug-likeness (QED) is 0.347. The van der Waals surface area contributed by atoms with Gasteiger partial charge in [0, 0.05) is 64.8 Å². The molecule has 6 rings (SSSR count). The van der Waals surface area contributed by atoms with Gasteiger partial charge in [0.05, 0.1) is 25.9 Å². The Hall–Kier alpha value is -3.70. The third-order valence-electron chi connectivity index (χ3n) is 6.38. The molecule has 186 valence electrons. The van der Waals surface area contributed by atoms with E-state index in [1.807, 2.05) is 11.3 Å². The number of carbonyl (C=O) groups excluding carboxylic acids is 1. The molecule has 11 heteroatoms. The minimum absolute atomic E-state index is 0.0109. The van der Waals surface area contributed by atoms with E-state index < -0.39 is 13.0 Å². The van der Waals surface area contributed by atoms with Gasteiger partial charge in [-0.2, -0.15) is 15.1 Å². The van der Waals surface area contributed by atoms with E-state index in [1.54, 1.807) is 47.5 Å². The predicted octanol–water partition coefficient (Wildman–Crippen LogP) is 4.36. The van der Waals surface area contributed by atoms with Crippen LogP contribution in [-0.4, -0.2) is 54.7 Å². The van der Waals surface area contributed by atoms with E-state index in [0.717, 1.165) is 38.0 Å². The molecule has 0 spiro atoms. The Morgan fingerprint density at radius 1 is 1.22 bits per heavy atom. The summed E-state index contributed by atoms with van der Waals surface area (Å²) in [6.45, 7) is 1.84. The molecule has 0 unspecified atom stereocenters. The minimum atomic E-state index is -2.51. The predicted molar refractivity (Wildman–Crippen MR) is 128 cm³/mol. The smallest absolute Gasteiger partial charge is 0.256 e. The number of benzene rings is 1. The van der Waals surface area contributed by atoms with Crippen molar-refractivity contribution >= 4 is 28.3 Å². The van der Waals surface area contributed by atoms with Crippen molar-refractivity contribution in [2.45, 2.75) is 38.8 Å². The largest absolute Gasteiger partial charge is 0.341 e. The third-order valence-corrected chi connectivity index (χ3v) is 6.38. The second kappa shape index (κ2) is 9.40. The number of aromatic nitrogens is 5. The van der Waals surface area contributed by atoms with E-state index in [2.05, 4.69) is 20.4 Å². The van der Waals surface area contributed by atoms with E-state index >= 15 is 0 Å². The first-order valence-corrected chi connectivity index (χ1v) is 12.0. The lowest BCUT2D eigenvalue weighted by Crippen LogP contribution is -2.16. The van der Waals surface area contributed by atoms with Crippen LogP contribution in [0.2, 0.25) is 0 Å². The number of hydroxylamine groups is 2. The number of hydrogen-bond donors (Lipinski definition) is 1. The molecule has 4 heterocycles. The lowest BCUT2D eigenvalue weighted by atomic mass is 10.1. The van der Waals surface area contributed by atoms with Crippen molar-refractivity contribution in [1.82, 2.24) is 29.4 Å². The molecular weight excluding hydrogens is 468 g/mol. The third kappa shape index (κ3) is 4.71. The molecule has 9 nitrogen and oxygen atoms in total. The molecule has 1 N–H and O–H groups in total. The van der Waals surface area contributed by atoms with Crippen LogP contribution in [0.5, 0.6) is 0 Å². The first-order valence-electron chi connectivity index (χ1n) is 12.0. The number of hydrogen-bond acceptors (Lipinski definition) is 7. The summed E-state index contributed by atoms with van der Waals surface area (Å²) in [7, 11) is 0. The SMILES string of the molecule is O=C(c1cn(CC(F)F)c2ccc(Nc3nccc(-n4cc(CN5CCCO5)cn4)n3)cc12)C1CC1. The molecule has 1 aliphatic heterocycles. The molecule has 0 bridgehead atoms. The molecule has 0 atom stereocenters. The zero-order valence-corrected chi connectivity index (χ0v) is 19.5. The summed E-state index contributed by atoms with van der Waals surface area (Å²) >= 11 is 0. The van der Waals surface area contributed by atoms with Gasteiger partial charge in [0.15, 0.2) is 11.6 Å². The lowest BCUT2D eigenvalue weighted by molar-refractivity contribution is -0.117. The fourth-order valence-electron chi connectivity index (χ4n) is 4.50. The Labute approximate surface area is 205 Å². The number of alkyl halides is 2. The number of ketones is 1. The molecule has 2 aliphatic rings. The van der Waals surface area contributed by atoms with E-state index in [4.69, 9.17) is 4.84 Å². The second-order valence-corrected chi connectivity index (χ2v) is 9.16. The van der Waals surface area contributed by atoms with Gasteiger partial charge in [0.1, 0.15) is 0 Å². The van der Waals surface area contributed by atoms with E-state index in [9.17, 15) is 13.6 Å². The fraction of sp³-hybridized carbons (Fsp3) is 0.360. The van der Waals surface area contributed by atoms with Crippen molar-refractivity contribution < 1.29 is 18.4 Å². The molecular formula is C25H25F2N7O2. The summed E-state index contributed by atoms with van der Waals surface area (Å²) in [6, 6.07) is 7.07. The Morgan fingerprint density at radius 3 is 2.89 bits per heavy atom. The number of nitrogens with one attached hydrogen (secondary N) is 1. The van der Waals surface area contributed by atoms with Crippen LogP contribution in [0.25, 0.3) is 16.7 Å². The zero-order valence-electron chi connectivity index (χ0n) is 19.5. The van der Waals surface area contributed by atoms with Crippen molar-refractivity contribution in [1.29, 1.82) is 0 Å². The highest BCUT2D eigenvalue weighted by Crippen LogP contribution is 2.36. The highest BCUT2D eigenvalue weighted by Gasteiger charge is 2.32. The van der Waals surface area contributed by atoms with Crippen LogP contribution in [0.3, 0.4) is 0 Å². The van der Waals surface area contributed by atoms with Crippen LogP contribution in [0.15, 0.2) is 49.1 Å². The first kappa shape index (κ1) is 22.7.